The zero-order valence-electron chi connectivity index (χ0n) is 13.5. The Kier molecular flexibility index (Phi) is 5.38. The number of aromatic nitrogens is 2. The molecule has 130 valence electrons. The minimum Gasteiger partial charge on any atom is -0.367 e. The number of hydrogen-bond donors (Lipinski definition) is 1. The Hall–Kier alpha value is -1.63. The number of nitrogens with one attached hydrogen (secondary N) is 1. The molecule has 2 aromatic rings. The lowest BCUT2D eigenvalue weighted by Crippen LogP contribution is -2.33. The van der Waals surface area contributed by atoms with Crippen molar-refractivity contribution >= 4 is 27.5 Å². The number of hydrogen-bond acceptors (Lipinski definition) is 4. The molecule has 1 aliphatic rings. The van der Waals surface area contributed by atoms with Gasteiger partial charge in [-0.2, -0.15) is 0 Å². The van der Waals surface area contributed by atoms with Crippen molar-refractivity contribution in [2.45, 2.75) is 50.3 Å². The van der Waals surface area contributed by atoms with Crippen LogP contribution in [0.15, 0.2) is 24.3 Å². The Morgan fingerprint density at radius 3 is 2.83 bits per heavy atom. The highest BCUT2D eigenvalue weighted by Crippen LogP contribution is 2.29. The first-order chi connectivity index (χ1) is 11.6. The van der Waals surface area contributed by atoms with Crippen molar-refractivity contribution in [3.05, 3.63) is 30.1 Å². The third-order valence-electron chi connectivity index (χ3n) is 4.44. The number of anilines is 1. The average Bonchev–Trinajstić information content (AvgIpc) is 2.61. The van der Waals surface area contributed by atoms with Crippen molar-refractivity contribution in [3.8, 4) is 0 Å². The molecule has 7 heteroatoms. The molecule has 0 amide bonds. The zero-order chi connectivity index (χ0) is 17.1. The SMILES string of the molecule is CCS(=O)C1CCCC(Nc2nc(C(F)F)nc3ccccc23)C1. The van der Waals surface area contributed by atoms with Crippen molar-refractivity contribution in [3.63, 3.8) is 0 Å². The van der Waals surface area contributed by atoms with Crippen molar-refractivity contribution in [1.82, 2.24) is 9.97 Å². The molecule has 1 fully saturated rings. The van der Waals surface area contributed by atoms with Crippen molar-refractivity contribution in [1.29, 1.82) is 0 Å². The molecule has 0 aliphatic heterocycles. The third-order valence-corrected chi connectivity index (χ3v) is 6.18. The molecule has 3 rings (SSSR count). The van der Waals surface area contributed by atoms with Gasteiger partial charge in [-0.1, -0.05) is 25.5 Å². The lowest BCUT2D eigenvalue weighted by Gasteiger charge is -2.29. The maximum absolute atomic E-state index is 13.1. The molecular weight excluding hydrogens is 332 g/mol. The molecule has 3 unspecified atom stereocenters. The van der Waals surface area contributed by atoms with Crippen LogP contribution >= 0.6 is 0 Å². The van der Waals surface area contributed by atoms with Crippen LogP contribution in [0.25, 0.3) is 10.9 Å². The largest absolute Gasteiger partial charge is 0.367 e. The van der Waals surface area contributed by atoms with Crippen LogP contribution in [0.1, 0.15) is 44.9 Å². The summed E-state index contributed by atoms with van der Waals surface area (Å²) in [5.74, 6) is 0.646. The number of nitrogens with zero attached hydrogens (tertiary/aromatic N) is 2. The fourth-order valence-corrected chi connectivity index (χ4v) is 4.59. The summed E-state index contributed by atoms with van der Waals surface area (Å²) in [4.78, 5) is 7.97. The van der Waals surface area contributed by atoms with Crippen LogP contribution in [0.3, 0.4) is 0 Å². The van der Waals surface area contributed by atoms with E-state index in [9.17, 15) is 13.0 Å². The van der Waals surface area contributed by atoms with E-state index in [4.69, 9.17) is 0 Å². The van der Waals surface area contributed by atoms with Gasteiger partial charge in [0.15, 0.2) is 5.82 Å². The van der Waals surface area contributed by atoms with Gasteiger partial charge in [0.2, 0.25) is 0 Å². The van der Waals surface area contributed by atoms with Gasteiger partial charge >= 0.3 is 0 Å². The first kappa shape index (κ1) is 17.2. The van der Waals surface area contributed by atoms with Crippen molar-refractivity contribution < 1.29 is 13.0 Å². The quantitative estimate of drug-likeness (QED) is 0.881. The number of halogens is 2. The molecule has 1 heterocycles. The maximum atomic E-state index is 13.1. The molecule has 3 atom stereocenters. The summed E-state index contributed by atoms with van der Waals surface area (Å²) >= 11 is 0. The van der Waals surface area contributed by atoms with Crippen LogP contribution < -0.4 is 5.32 Å². The zero-order valence-corrected chi connectivity index (χ0v) is 14.4. The average molecular weight is 353 g/mol. The normalized spacial score (nSPS) is 22.7. The molecule has 1 aliphatic carbocycles. The Balaban J connectivity index is 1.87. The molecule has 1 saturated carbocycles. The van der Waals surface area contributed by atoms with E-state index in [0.29, 0.717) is 17.1 Å². The highest BCUT2D eigenvalue weighted by Gasteiger charge is 2.26. The highest BCUT2D eigenvalue weighted by atomic mass is 32.2. The summed E-state index contributed by atoms with van der Waals surface area (Å²) in [5.41, 5.74) is 0.509. The molecule has 1 aromatic heterocycles. The maximum Gasteiger partial charge on any atom is 0.297 e. The lowest BCUT2D eigenvalue weighted by molar-refractivity contribution is 0.141. The fraction of sp³-hybridized carbons (Fsp3) is 0.529. The van der Waals surface area contributed by atoms with E-state index in [1.165, 1.54) is 0 Å². The van der Waals surface area contributed by atoms with Gasteiger partial charge in [0.05, 0.1) is 5.52 Å². The number of alkyl halides is 2. The van der Waals surface area contributed by atoms with Gasteiger partial charge in [-0.05, 0) is 31.4 Å². The van der Waals surface area contributed by atoms with Gasteiger partial charge in [0, 0.05) is 33.2 Å². The second-order valence-electron chi connectivity index (χ2n) is 6.05. The van der Waals surface area contributed by atoms with E-state index in [0.717, 1.165) is 31.1 Å². The van der Waals surface area contributed by atoms with Gasteiger partial charge in [-0.3, -0.25) is 4.21 Å². The summed E-state index contributed by atoms with van der Waals surface area (Å²) in [6, 6.07) is 7.26. The van der Waals surface area contributed by atoms with Crippen molar-refractivity contribution in [2.75, 3.05) is 11.1 Å². The number of benzene rings is 1. The van der Waals surface area contributed by atoms with Crippen LogP contribution in [0.2, 0.25) is 0 Å². The van der Waals surface area contributed by atoms with Crippen LogP contribution in [0, 0.1) is 0 Å². The Labute approximate surface area is 142 Å². The van der Waals surface area contributed by atoms with E-state index >= 15 is 0 Å². The topological polar surface area (TPSA) is 54.9 Å². The second-order valence-corrected chi connectivity index (χ2v) is 8.05. The predicted molar refractivity (Wildman–Crippen MR) is 92.8 cm³/mol. The Bertz CT molecular complexity index is 741. The number of fused-ring (bicyclic) bond motifs is 1. The molecule has 0 radical (unpaired) electrons. The molecule has 1 aromatic carbocycles. The van der Waals surface area contributed by atoms with Gasteiger partial charge in [-0.15, -0.1) is 0 Å². The van der Waals surface area contributed by atoms with Gasteiger partial charge in [-0.25, -0.2) is 18.7 Å². The standard InChI is InChI=1S/C17H21F2N3OS/c1-2-24(23)12-7-5-6-11(10-12)20-16-13-8-3-4-9-14(13)21-17(22-16)15(18)19/h3-4,8-9,11-12,15H,2,5-7,10H2,1H3,(H,20,21,22). The third kappa shape index (κ3) is 3.71. The van der Waals surface area contributed by atoms with E-state index < -0.39 is 23.0 Å². The second kappa shape index (κ2) is 7.51. The summed E-state index contributed by atoms with van der Waals surface area (Å²) in [6.45, 7) is 1.93. The molecule has 0 bridgehead atoms. The summed E-state index contributed by atoms with van der Waals surface area (Å²) in [7, 11) is -0.824. The minimum absolute atomic E-state index is 0.100. The minimum atomic E-state index is -2.71. The lowest BCUT2D eigenvalue weighted by atomic mass is 9.95. The smallest absolute Gasteiger partial charge is 0.297 e. The van der Waals surface area contributed by atoms with Crippen molar-refractivity contribution in [2.24, 2.45) is 0 Å². The van der Waals surface area contributed by atoms with Crippen LogP contribution in [0.5, 0.6) is 0 Å². The fourth-order valence-electron chi connectivity index (χ4n) is 3.25. The van der Waals surface area contributed by atoms with Gasteiger partial charge in [0.1, 0.15) is 5.82 Å². The molecular formula is C17H21F2N3OS. The molecule has 24 heavy (non-hydrogen) atoms. The summed E-state index contributed by atoms with van der Waals surface area (Å²) in [5, 5.41) is 4.22. The number of rotatable bonds is 5. The van der Waals surface area contributed by atoms with E-state index in [-0.39, 0.29) is 11.3 Å². The van der Waals surface area contributed by atoms with Gasteiger partial charge < -0.3 is 5.32 Å². The Morgan fingerprint density at radius 2 is 2.08 bits per heavy atom. The van der Waals surface area contributed by atoms with Crippen LogP contribution in [-0.4, -0.2) is 31.2 Å². The van der Waals surface area contributed by atoms with Crippen LogP contribution in [-0.2, 0) is 10.8 Å². The summed E-state index contributed by atoms with van der Waals surface area (Å²) in [6.07, 6.45) is 0.953. The van der Waals surface area contributed by atoms with E-state index in [1.807, 2.05) is 19.1 Å². The van der Waals surface area contributed by atoms with E-state index in [1.54, 1.807) is 12.1 Å². The molecule has 0 saturated heterocycles. The summed E-state index contributed by atoms with van der Waals surface area (Å²) < 4.78 is 38.2. The number of para-hydroxylation sites is 1. The molecule has 4 nitrogen and oxygen atoms in total. The van der Waals surface area contributed by atoms with Crippen LogP contribution in [0.4, 0.5) is 14.6 Å². The highest BCUT2D eigenvalue weighted by molar-refractivity contribution is 7.85. The monoisotopic (exact) mass is 353 g/mol. The molecule has 1 N–H and O–H groups in total. The molecule has 0 spiro atoms. The van der Waals surface area contributed by atoms with E-state index in [2.05, 4.69) is 15.3 Å². The van der Waals surface area contributed by atoms with Gasteiger partial charge in [0.25, 0.3) is 6.43 Å². The predicted octanol–water partition coefficient (Wildman–Crippen LogP) is 4.06. The first-order valence-corrected chi connectivity index (χ1v) is 9.65. The first-order valence-electron chi connectivity index (χ1n) is 8.27. The Morgan fingerprint density at radius 1 is 1.29 bits per heavy atom.